The van der Waals surface area contributed by atoms with E-state index in [1.807, 2.05) is 31.2 Å². The fourth-order valence-electron chi connectivity index (χ4n) is 5.46. The lowest BCUT2D eigenvalue weighted by Crippen LogP contribution is -2.43. The van der Waals surface area contributed by atoms with Crippen LogP contribution >= 0.6 is 11.6 Å². The maximum Gasteiger partial charge on any atom is 0.213 e. The zero-order valence-corrected chi connectivity index (χ0v) is 17.5. The number of aryl methyl sites for hydroxylation is 1. The first-order valence-electron chi connectivity index (χ1n) is 10.6. The zero-order chi connectivity index (χ0) is 20.1. The number of fused-ring (bicyclic) bond motifs is 1. The van der Waals surface area contributed by atoms with E-state index in [4.69, 9.17) is 21.1 Å². The maximum absolute atomic E-state index is 14.2. The fraction of sp³-hybridized carbons (Fsp3) is 0.500. The number of hydrogen-bond acceptors (Lipinski definition) is 3. The van der Waals surface area contributed by atoms with Gasteiger partial charge in [-0.2, -0.15) is 0 Å². The van der Waals surface area contributed by atoms with E-state index in [0.29, 0.717) is 11.4 Å². The summed E-state index contributed by atoms with van der Waals surface area (Å²) in [6.45, 7) is 2.67. The molecule has 2 spiro atoms. The Balaban J connectivity index is 1.49. The summed E-state index contributed by atoms with van der Waals surface area (Å²) in [6, 6.07) is 10.7. The number of halogens is 2. The Labute approximate surface area is 176 Å². The Kier molecular flexibility index (Phi) is 4.75. The Morgan fingerprint density at radius 1 is 1.10 bits per heavy atom. The second-order valence-electron chi connectivity index (χ2n) is 9.09. The summed E-state index contributed by atoms with van der Waals surface area (Å²) >= 11 is 6.04. The van der Waals surface area contributed by atoms with E-state index in [1.54, 1.807) is 12.1 Å². The normalized spacial score (nSPS) is 27.6. The first kappa shape index (κ1) is 19.2. The first-order chi connectivity index (χ1) is 14.0. The molecule has 0 radical (unpaired) electrons. The Hall–Kier alpha value is -1.78. The van der Waals surface area contributed by atoms with Crippen LogP contribution in [0.3, 0.4) is 0 Å². The van der Waals surface area contributed by atoms with Gasteiger partial charge in [0, 0.05) is 34.5 Å². The highest BCUT2D eigenvalue weighted by atomic mass is 35.5. The monoisotopic (exact) mass is 415 g/mol. The molecule has 0 aromatic heterocycles. The van der Waals surface area contributed by atoms with Crippen LogP contribution < -0.4 is 10.1 Å². The molecule has 2 fully saturated rings. The molecule has 154 valence electrons. The van der Waals surface area contributed by atoms with Crippen molar-refractivity contribution >= 4 is 17.3 Å². The molecule has 0 amide bonds. The highest BCUT2D eigenvalue weighted by Gasteiger charge is 2.54. The third-order valence-electron chi connectivity index (χ3n) is 6.83. The van der Waals surface area contributed by atoms with Gasteiger partial charge in [0.15, 0.2) is 0 Å². The van der Waals surface area contributed by atoms with Crippen molar-refractivity contribution in [2.24, 2.45) is 5.41 Å². The Bertz CT molecular complexity index is 910. The van der Waals surface area contributed by atoms with Crippen molar-refractivity contribution in [2.45, 2.75) is 63.7 Å². The van der Waals surface area contributed by atoms with Crippen LogP contribution in [0.25, 0.3) is 0 Å². The molecule has 5 heteroatoms. The fourth-order valence-corrected chi connectivity index (χ4v) is 5.58. The lowest BCUT2D eigenvalue weighted by atomic mass is 9.71. The van der Waals surface area contributed by atoms with E-state index in [0.717, 1.165) is 35.6 Å². The largest absolute Gasteiger partial charge is 0.462 e. The van der Waals surface area contributed by atoms with Gasteiger partial charge < -0.3 is 14.8 Å². The molecule has 2 aliphatic heterocycles. The van der Waals surface area contributed by atoms with Crippen molar-refractivity contribution < 1.29 is 13.9 Å². The van der Waals surface area contributed by atoms with Gasteiger partial charge in [-0.3, -0.25) is 0 Å². The molecule has 1 N–H and O–H groups in total. The summed E-state index contributed by atoms with van der Waals surface area (Å²) in [5.41, 5.74) is 2.86. The molecule has 2 aromatic rings. The quantitative estimate of drug-likeness (QED) is 0.585. The number of benzene rings is 2. The van der Waals surface area contributed by atoms with Crippen LogP contribution in [0.5, 0.6) is 5.75 Å². The molecular weight excluding hydrogens is 389 g/mol. The molecule has 2 heterocycles. The third-order valence-corrected chi connectivity index (χ3v) is 7.08. The minimum absolute atomic E-state index is 0.0898. The Morgan fingerprint density at radius 2 is 1.86 bits per heavy atom. The predicted molar refractivity (Wildman–Crippen MR) is 113 cm³/mol. The summed E-state index contributed by atoms with van der Waals surface area (Å²) < 4.78 is 27.2. The van der Waals surface area contributed by atoms with Gasteiger partial charge in [-0.15, -0.1) is 0 Å². The van der Waals surface area contributed by atoms with Crippen LogP contribution in [0.15, 0.2) is 36.4 Å². The van der Waals surface area contributed by atoms with Gasteiger partial charge in [-0.1, -0.05) is 30.9 Å². The zero-order valence-electron chi connectivity index (χ0n) is 16.8. The molecule has 3 aliphatic rings. The number of rotatable bonds is 2. The lowest BCUT2D eigenvalue weighted by molar-refractivity contribution is -0.164. The van der Waals surface area contributed by atoms with Crippen LogP contribution in [0.4, 0.5) is 10.1 Å². The topological polar surface area (TPSA) is 30.5 Å². The molecule has 2 atom stereocenters. The number of hydrogen-bond donors (Lipinski definition) is 1. The van der Waals surface area contributed by atoms with Crippen LogP contribution in [-0.2, 0) is 4.74 Å². The van der Waals surface area contributed by atoms with Crippen molar-refractivity contribution in [2.75, 3.05) is 11.9 Å². The molecule has 2 unspecified atom stereocenters. The number of ether oxygens (including phenoxy) is 2. The van der Waals surface area contributed by atoms with Crippen molar-refractivity contribution in [1.82, 2.24) is 0 Å². The van der Waals surface area contributed by atoms with Crippen molar-refractivity contribution in [3.05, 3.63) is 58.4 Å². The lowest BCUT2D eigenvalue weighted by Gasteiger charge is -2.41. The molecule has 1 saturated carbocycles. The Morgan fingerprint density at radius 3 is 2.62 bits per heavy atom. The van der Waals surface area contributed by atoms with Gasteiger partial charge >= 0.3 is 0 Å². The van der Waals surface area contributed by atoms with E-state index in [-0.39, 0.29) is 17.3 Å². The average Bonchev–Trinajstić information content (AvgIpc) is 3.02. The minimum atomic E-state index is -0.642. The van der Waals surface area contributed by atoms with Crippen LogP contribution in [0, 0.1) is 18.2 Å². The summed E-state index contributed by atoms with van der Waals surface area (Å²) in [5.74, 6) is -0.117. The van der Waals surface area contributed by atoms with E-state index in [2.05, 4.69) is 5.32 Å². The van der Waals surface area contributed by atoms with E-state index in [9.17, 15) is 4.39 Å². The first-order valence-corrected chi connectivity index (χ1v) is 11.0. The average molecular weight is 416 g/mol. The highest BCUT2D eigenvalue weighted by Crippen LogP contribution is 2.55. The molecule has 2 aromatic carbocycles. The van der Waals surface area contributed by atoms with E-state index < -0.39 is 5.79 Å². The summed E-state index contributed by atoms with van der Waals surface area (Å²) in [6.07, 6.45) is 7.85. The second kappa shape index (κ2) is 7.17. The molecule has 5 rings (SSSR count). The van der Waals surface area contributed by atoms with Gasteiger partial charge in [0.25, 0.3) is 0 Å². The summed E-state index contributed by atoms with van der Waals surface area (Å²) in [5, 5.41) is 4.27. The van der Waals surface area contributed by atoms with E-state index >= 15 is 0 Å². The van der Waals surface area contributed by atoms with Crippen LogP contribution in [0.1, 0.15) is 62.1 Å². The summed E-state index contributed by atoms with van der Waals surface area (Å²) in [7, 11) is 0. The van der Waals surface area contributed by atoms with Gasteiger partial charge in [-0.05, 0) is 61.7 Å². The maximum atomic E-state index is 14.2. The number of nitrogens with one attached hydrogen (secondary N) is 1. The highest BCUT2D eigenvalue weighted by molar-refractivity contribution is 6.30. The smallest absolute Gasteiger partial charge is 0.213 e. The third kappa shape index (κ3) is 3.62. The second-order valence-corrected chi connectivity index (χ2v) is 9.52. The molecule has 1 aliphatic carbocycles. The minimum Gasteiger partial charge on any atom is -0.462 e. The van der Waals surface area contributed by atoms with Crippen molar-refractivity contribution in [3.8, 4) is 5.75 Å². The molecular formula is C24H27ClFNO2. The summed E-state index contributed by atoms with van der Waals surface area (Å²) in [4.78, 5) is 0. The van der Waals surface area contributed by atoms with Crippen molar-refractivity contribution in [1.29, 1.82) is 0 Å². The van der Waals surface area contributed by atoms with Crippen LogP contribution in [-0.4, -0.2) is 12.4 Å². The van der Waals surface area contributed by atoms with Gasteiger partial charge in [0.2, 0.25) is 5.79 Å². The molecule has 3 nitrogen and oxygen atoms in total. The van der Waals surface area contributed by atoms with Gasteiger partial charge in [0.05, 0.1) is 12.6 Å². The molecule has 0 bridgehead atoms. The number of anilines is 1. The van der Waals surface area contributed by atoms with E-state index in [1.165, 1.54) is 32.1 Å². The van der Waals surface area contributed by atoms with Gasteiger partial charge in [-0.25, -0.2) is 4.39 Å². The molecule has 1 saturated heterocycles. The predicted octanol–water partition coefficient (Wildman–Crippen LogP) is 6.79. The standard InChI is InChI=1S/C24H27ClFNO2/c1-16-11-18(26)12-20-21(27-19-7-5-17(25)6-8-19)13-24(29-22(16)20)14-23(15-28-24)9-3-2-4-10-23/h5-8,11-12,21,27H,2-4,9-10,13-15H2,1H3. The SMILES string of the molecule is Cc1cc(F)cc2c1OC1(CC2Nc2ccc(Cl)cc2)CC2(CCCCC2)CO1. The molecule has 29 heavy (non-hydrogen) atoms. The van der Waals surface area contributed by atoms with Crippen LogP contribution in [0.2, 0.25) is 5.02 Å². The van der Waals surface area contributed by atoms with Crippen molar-refractivity contribution in [3.63, 3.8) is 0 Å². The van der Waals surface area contributed by atoms with Gasteiger partial charge in [0.1, 0.15) is 11.6 Å².